The van der Waals surface area contributed by atoms with Gasteiger partial charge in [0.1, 0.15) is 5.82 Å². The molecule has 0 N–H and O–H groups in total. The first-order valence-corrected chi connectivity index (χ1v) is 10.2. The molecule has 0 radical (unpaired) electrons. The summed E-state index contributed by atoms with van der Waals surface area (Å²) in [5.74, 6) is -0.890. The lowest BCUT2D eigenvalue weighted by Crippen LogP contribution is -2.52. The number of amides is 2. The summed E-state index contributed by atoms with van der Waals surface area (Å²) in [6.07, 6.45) is 0.152. The van der Waals surface area contributed by atoms with E-state index in [9.17, 15) is 14.0 Å². The number of carbonyl (C=O) groups is 2. The van der Waals surface area contributed by atoms with Crippen molar-refractivity contribution in [3.05, 3.63) is 63.9 Å². The van der Waals surface area contributed by atoms with Gasteiger partial charge in [0.15, 0.2) is 0 Å². The van der Waals surface area contributed by atoms with Gasteiger partial charge in [0, 0.05) is 42.8 Å². The fourth-order valence-electron chi connectivity index (χ4n) is 3.89. The van der Waals surface area contributed by atoms with E-state index in [0.29, 0.717) is 35.4 Å². The van der Waals surface area contributed by atoms with Gasteiger partial charge in [-0.05, 0) is 42.0 Å². The lowest BCUT2D eigenvalue weighted by molar-refractivity contribution is -0.123. The van der Waals surface area contributed by atoms with Crippen LogP contribution < -0.4 is 4.90 Å². The molecule has 0 aliphatic carbocycles. The Bertz CT molecular complexity index is 930. The topological polar surface area (TPSA) is 43.9 Å². The Morgan fingerprint density at radius 1 is 0.966 bits per heavy atom. The number of hydrogen-bond acceptors (Lipinski definition) is 4. The molecule has 2 fully saturated rings. The highest BCUT2D eigenvalue weighted by Crippen LogP contribution is 2.27. The Morgan fingerprint density at radius 2 is 1.66 bits per heavy atom. The van der Waals surface area contributed by atoms with Gasteiger partial charge in [0.25, 0.3) is 5.91 Å². The molecule has 29 heavy (non-hydrogen) atoms. The molecule has 0 spiro atoms. The molecule has 0 aromatic heterocycles. The van der Waals surface area contributed by atoms with Crippen molar-refractivity contribution in [1.82, 2.24) is 9.80 Å². The van der Waals surface area contributed by atoms with Gasteiger partial charge < -0.3 is 0 Å². The normalized spacial score (nSPS) is 21.2. The molecular weight excluding hydrogens is 416 g/mol. The van der Waals surface area contributed by atoms with Crippen LogP contribution in [0.3, 0.4) is 0 Å². The Hall–Kier alpha value is -1.99. The maximum absolute atomic E-state index is 13.2. The summed E-state index contributed by atoms with van der Waals surface area (Å²) < 4.78 is 13.2. The van der Waals surface area contributed by atoms with Gasteiger partial charge in [0.2, 0.25) is 5.91 Å². The zero-order valence-corrected chi connectivity index (χ0v) is 17.2. The first-order chi connectivity index (χ1) is 13.9. The molecule has 8 heteroatoms. The minimum Gasteiger partial charge on any atom is -0.296 e. The number of imide groups is 1. The Balaban J connectivity index is 1.38. The summed E-state index contributed by atoms with van der Waals surface area (Å²) in [4.78, 5) is 30.8. The molecule has 4 rings (SSSR count). The standard InChI is InChI=1S/C21H20Cl2FN3O2/c22-15-2-1-14(18(23)11-15)13-25-7-9-26(10-8-25)19-12-20(28)27(21(19)29)17-5-3-16(24)4-6-17/h1-6,11,19H,7-10,12-13H2/t19-/m0/s1. The fourth-order valence-corrected chi connectivity index (χ4v) is 4.35. The van der Waals surface area contributed by atoms with Gasteiger partial charge in [-0.25, -0.2) is 9.29 Å². The van der Waals surface area contributed by atoms with Crippen molar-refractivity contribution in [1.29, 1.82) is 0 Å². The van der Waals surface area contributed by atoms with Gasteiger partial charge in [-0.15, -0.1) is 0 Å². The van der Waals surface area contributed by atoms with Crippen LogP contribution in [0.2, 0.25) is 10.0 Å². The number of piperazine rings is 1. The van der Waals surface area contributed by atoms with Crippen molar-refractivity contribution in [2.75, 3.05) is 31.1 Å². The van der Waals surface area contributed by atoms with Gasteiger partial charge >= 0.3 is 0 Å². The highest BCUT2D eigenvalue weighted by atomic mass is 35.5. The predicted molar refractivity (Wildman–Crippen MR) is 111 cm³/mol. The molecule has 2 aliphatic heterocycles. The van der Waals surface area contributed by atoms with Crippen molar-refractivity contribution in [3.8, 4) is 0 Å². The van der Waals surface area contributed by atoms with Crippen molar-refractivity contribution < 1.29 is 14.0 Å². The van der Waals surface area contributed by atoms with Gasteiger partial charge in [0.05, 0.1) is 18.2 Å². The van der Waals surface area contributed by atoms with Crippen molar-refractivity contribution in [2.45, 2.75) is 19.0 Å². The average molecular weight is 436 g/mol. The second kappa shape index (κ2) is 8.40. The molecule has 2 amide bonds. The average Bonchev–Trinajstić information content (AvgIpc) is 3.00. The zero-order valence-electron chi connectivity index (χ0n) is 15.7. The molecular formula is C21H20Cl2FN3O2. The van der Waals surface area contributed by atoms with E-state index in [0.717, 1.165) is 18.7 Å². The number of nitrogens with zero attached hydrogens (tertiary/aromatic N) is 3. The van der Waals surface area contributed by atoms with E-state index in [2.05, 4.69) is 9.80 Å². The lowest BCUT2D eigenvalue weighted by Gasteiger charge is -2.37. The second-order valence-electron chi connectivity index (χ2n) is 7.31. The largest absolute Gasteiger partial charge is 0.296 e. The molecule has 0 saturated carbocycles. The van der Waals surface area contributed by atoms with E-state index in [4.69, 9.17) is 23.2 Å². The highest BCUT2D eigenvalue weighted by Gasteiger charge is 2.43. The molecule has 0 unspecified atom stereocenters. The zero-order chi connectivity index (χ0) is 20.5. The summed E-state index contributed by atoms with van der Waals surface area (Å²) in [6, 6.07) is 10.5. The predicted octanol–water partition coefficient (Wildman–Crippen LogP) is 3.58. The third kappa shape index (κ3) is 4.31. The van der Waals surface area contributed by atoms with Gasteiger partial charge in [-0.1, -0.05) is 29.3 Å². The molecule has 152 valence electrons. The minimum absolute atomic E-state index is 0.152. The fraction of sp³-hybridized carbons (Fsp3) is 0.333. The quantitative estimate of drug-likeness (QED) is 0.688. The number of rotatable bonds is 4. The molecule has 2 aromatic carbocycles. The molecule has 5 nitrogen and oxygen atoms in total. The van der Waals surface area contributed by atoms with Crippen LogP contribution in [-0.4, -0.2) is 53.8 Å². The van der Waals surface area contributed by atoms with Crippen LogP contribution in [-0.2, 0) is 16.1 Å². The molecule has 2 saturated heterocycles. The number of benzene rings is 2. The Labute approximate surface area is 178 Å². The molecule has 1 atom stereocenters. The van der Waals surface area contributed by atoms with Gasteiger partial charge in [-0.2, -0.15) is 0 Å². The molecule has 2 aliphatic rings. The number of carbonyl (C=O) groups excluding carboxylic acids is 2. The van der Waals surface area contributed by atoms with Crippen LogP contribution in [0.1, 0.15) is 12.0 Å². The summed E-state index contributed by atoms with van der Waals surface area (Å²) in [6.45, 7) is 3.63. The van der Waals surface area contributed by atoms with E-state index in [-0.39, 0.29) is 18.2 Å². The first-order valence-electron chi connectivity index (χ1n) is 9.45. The molecule has 2 aromatic rings. The van der Waals surface area contributed by atoms with Crippen molar-refractivity contribution in [3.63, 3.8) is 0 Å². The molecule has 2 heterocycles. The maximum atomic E-state index is 13.2. The number of anilines is 1. The number of hydrogen-bond donors (Lipinski definition) is 0. The second-order valence-corrected chi connectivity index (χ2v) is 8.16. The van der Waals surface area contributed by atoms with E-state index >= 15 is 0 Å². The third-order valence-corrected chi connectivity index (χ3v) is 6.05. The summed E-state index contributed by atoms with van der Waals surface area (Å²) in [5.41, 5.74) is 1.43. The van der Waals surface area contributed by atoms with Crippen LogP contribution in [0, 0.1) is 5.82 Å². The van der Waals surface area contributed by atoms with Crippen molar-refractivity contribution >= 4 is 40.7 Å². The maximum Gasteiger partial charge on any atom is 0.251 e. The highest BCUT2D eigenvalue weighted by molar-refractivity contribution is 6.35. The van der Waals surface area contributed by atoms with E-state index in [1.807, 2.05) is 12.1 Å². The van der Waals surface area contributed by atoms with E-state index in [1.165, 1.54) is 29.2 Å². The van der Waals surface area contributed by atoms with E-state index < -0.39 is 11.9 Å². The Morgan fingerprint density at radius 3 is 2.31 bits per heavy atom. The smallest absolute Gasteiger partial charge is 0.251 e. The lowest BCUT2D eigenvalue weighted by atomic mass is 10.1. The third-order valence-electron chi connectivity index (χ3n) is 5.46. The van der Waals surface area contributed by atoms with E-state index in [1.54, 1.807) is 6.07 Å². The number of halogens is 3. The van der Waals surface area contributed by atoms with Crippen LogP contribution in [0.25, 0.3) is 0 Å². The SMILES string of the molecule is O=C1C[C@H](N2CCN(Cc3ccc(Cl)cc3Cl)CC2)C(=O)N1c1ccc(F)cc1. The Kier molecular flexibility index (Phi) is 5.88. The monoisotopic (exact) mass is 435 g/mol. The van der Waals surface area contributed by atoms with Crippen LogP contribution in [0.15, 0.2) is 42.5 Å². The van der Waals surface area contributed by atoms with Crippen LogP contribution >= 0.6 is 23.2 Å². The first kappa shape index (κ1) is 20.3. The minimum atomic E-state index is -0.464. The summed E-state index contributed by atoms with van der Waals surface area (Å²) in [7, 11) is 0. The summed E-state index contributed by atoms with van der Waals surface area (Å²) in [5, 5.41) is 1.25. The van der Waals surface area contributed by atoms with Crippen molar-refractivity contribution in [2.24, 2.45) is 0 Å². The molecule has 0 bridgehead atoms. The summed E-state index contributed by atoms with van der Waals surface area (Å²) >= 11 is 12.2. The van der Waals surface area contributed by atoms with Crippen LogP contribution in [0.5, 0.6) is 0 Å². The van der Waals surface area contributed by atoms with Gasteiger partial charge in [-0.3, -0.25) is 19.4 Å². The van der Waals surface area contributed by atoms with Crippen LogP contribution in [0.4, 0.5) is 10.1 Å².